The fraction of sp³-hybridized carbons (Fsp3) is 1.00. The summed E-state index contributed by atoms with van der Waals surface area (Å²) in [6, 6.07) is 0. The van der Waals surface area contributed by atoms with Crippen molar-refractivity contribution in [3.63, 3.8) is 0 Å². The van der Waals surface area contributed by atoms with Crippen molar-refractivity contribution in [1.82, 2.24) is 9.80 Å². The van der Waals surface area contributed by atoms with Crippen LogP contribution in [0.1, 0.15) is 39.0 Å². The van der Waals surface area contributed by atoms with Crippen LogP contribution < -0.4 is 5.73 Å². The number of ether oxygens (including phenoxy) is 1. The first kappa shape index (κ1) is 15.2. The van der Waals surface area contributed by atoms with Crippen molar-refractivity contribution in [2.75, 3.05) is 46.4 Å². The van der Waals surface area contributed by atoms with Gasteiger partial charge in [-0.2, -0.15) is 0 Å². The summed E-state index contributed by atoms with van der Waals surface area (Å²) in [6.07, 6.45) is 6.51. The number of nitrogens with two attached hydrogens (primary N) is 1. The Morgan fingerprint density at radius 3 is 2.84 bits per heavy atom. The zero-order chi connectivity index (χ0) is 13.7. The Morgan fingerprint density at radius 2 is 2.16 bits per heavy atom. The summed E-state index contributed by atoms with van der Waals surface area (Å²) in [4.78, 5) is 5.07. The molecule has 2 aliphatic heterocycles. The van der Waals surface area contributed by atoms with Crippen LogP contribution in [0.2, 0.25) is 0 Å². The van der Waals surface area contributed by atoms with Gasteiger partial charge in [0.05, 0.1) is 6.10 Å². The van der Waals surface area contributed by atoms with Gasteiger partial charge in [0.1, 0.15) is 0 Å². The zero-order valence-corrected chi connectivity index (χ0v) is 12.7. The molecule has 2 fully saturated rings. The Hall–Kier alpha value is -0.160. The van der Waals surface area contributed by atoms with Crippen molar-refractivity contribution in [2.24, 2.45) is 5.73 Å². The standard InChI is InChI=1S/C15H31N3O/c1-3-10-19-14-6-4-9-18(11-14)15(12-16)7-5-8-17(2)13-15/h14H,3-13,16H2,1-2H3. The molecular formula is C15H31N3O. The van der Waals surface area contributed by atoms with E-state index in [9.17, 15) is 0 Å². The van der Waals surface area contributed by atoms with Gasteiger partial charge >= 0.3 is 0 Å². The molecular weight excluding hydrogens is 238 g/mol. The smallest absolute Gasteiger partial charge is 0.0702 e. The average Bonchev–Trinajstić information content (AvgIpc) is 2.45. The van der Waals surface area contributed by atoms with E-state index in [1.165, 1.54) is 38.8 Å². The van der Waals surface area contributed by atoms with E-state index in [1.54, 1.807) is 0 Å². The highest BCUT2D eigenvalue weighted by molar-refractivity contribution is 4.98. The van der Waals surface area contributed by atoms with Gasteiger partial charge in [-0.3, -0.25) is 4.90 Å². The first-order valence-corrected chi connectivity index (χ1v) is 7.95. The summed E-state index contributed by atoms with van der Waals surface area (Å²) >= 11 is 0. The van der Waals surface area contributed by atoms with Crippen LogP contribution >= 0.6 is 0 Å². The Balaban J connectivity index is 1.97. The van der Waals surface area contributed by atoms with Gasteiger partial charge in [0.25, 0.3) is 0 Å². The predicted molar refractivity (Wildman–Crippen MR) is 79.4 cm³/mol. The average molecular weight is 269 g/mol. The van der Waals surface area contributed by atoms with Crippen LogP contribution in [0.3, 0.4) is 0 Å². The van der Waals surface area contributed by atoms with E-state index < -0.39 is 0 Å². The van der Waals surface area contributed by atoms with E-state index in [0.717, 1.165) is 32.7 Å². The molecule has 0 aliphatic carbocycles. The number of rotatable bonds is 5. The Labute approximate surface area is 118 Å². The van der Waals surface area contributed by atoms with Crippen molar-refractivity contribution in [3.8, 4) is 0 Å². The van der Waals surface area contributed by atoms with Crippen molar-refractivity contribution in [1.29, 1.82) is 0 Å². The van der Waals surface area contributed by atoms with Gasteiger partial charge < -0.3 is 15.4 Å². The fourth-order valence-electron chi connectivity index (χ4n) is 3.68. The lowest BCUT2D eigenvalue weighted by molar-refractivity contribution is -0.0546. The van der Waals surface area contributed by atoms with Crippen LogP contribution in [-0.4, -0.2) is 67.8 Å². The molecule has 112 valence electrons. The summed E-state index contributed by atoms with van der Waals surface area (Å²) in [6.45, 7) is 8.45. The summed E-state index contributed by atoms with van der Waals surface area (Å²) in [5.41, 5.74) is 6.36. The van der Waals surface area contributed by atoms with Gasteiger partial charge in [-0.05, 0) is 52.2 Å². The van der Waals surface area contributed by atoms with E-state index in [2.05, 4.69) is 23.8 Å². The maximum atomic E-state index is 6.17. The molecule has 2 saturated heterocycles. The Morgan fingerprint density at radius 1 is 1.32 bits per heavy atom. The van der Waals surface area contributed by atoms with Crippen LogP contribution in [0.4, 0.5) is 0 Å². The molecule has 0 amide bonds. The van der Waals surface area contributed by atoms with E-state index in [4.69, 9.17) is 10.5 Å². The number of hydrogen-bond acceptors (Lipinski definition) is 4. The molecule has 0 aromatic heterocycles. The van der Waals surface area contributed by atoms with Gasteiger partial charge in [0.2, 0.25) is 0 Å². The van der Waals surface area contributed by atoms with Gasteiger partial charge in [0.15, 0.2) is 0 Å². The lowest BCUT2D eigenvalue weighted by Crippen LogP contribution is -2.64. The molecule has 2 heterocycles. The third-order valence-electron chi connectivity index (χ3n) is 4.73. The lowest BCUT2D eigenvalue weighted by atomic mass is 9.85. The van der Waals surface area contributed by atoms with Gasteiger partial charge in [0, 0.05) is 31.8 Å². The number of nitrogens with zero attached hydrogens (tertiary/aromatic N) is 2. The highest BCUT2D eigenvalue weighted by atomic mass is 16.5. The van der Waals surface area contributed by atoms with Crippen molar-refractivity contribution < 1.29 is 4.74 Å². The SMILES string of the molecule is CCCOC1CCCN(C2(CN)CCCN(C)C2)C1. The number of piperidine rings is 2. The van der Waals surface area contributed by atoms with Crippen LogP contribution in [-0.2, 0) is 4.74 Å². The maximum absolute atomic E-state index is 6.17. The fourth-order valence-corrected chi connectivity index (χ4v) is 3.68. The van der Waals surface area contributed by atoms with E-state index in [1.807, 2.05) is 0 Å². The molecule has 4 heteroatoms. The minimum absolute atomic E-state index is 0.196. The van der Waals surface area contributed by atoms with Crippen LogP contribution in [0.25, 0.3) is 0 Å². The first-order chi connectivity index (χ1) is 9.20. The van der Waals surface area contributed by atoms with Gasteiger partial charge in [-0.1, -0.05) is 6.92 Å². The molecule has 0 aromatic rings. The minimum Gasteiger partial charge on any atom is -0.377 e. The number of hydrogen-bond donors (Lipinski definition) is 1. The molecule has 0 radical (unpaired) electrons. The summed E-state index contributed by atoms with van der Waals surface area (Å²) in [7, 11) is 2.22. The molecule has 2 aliphatic rings. The second-order valence-corrected chi connectivity index (χ2v) is 6.35. The summed E-state index contributed by atoms with van der Waals surface area (Å²) in [5, 5.41) is 0. The number of likely N-dealkylation sites (tertiary alicyclic amines) is 2. The van der Waals surface area contributed by atoms with Crippen molar-refractivity contribution in [2.45, 2.75) is 50.7 Å². The molecule has 2 atom stereocenters. The quantitative estimate of drug-likeness (QED) is 0.817. The summed E-state index contributed by atoms with van der Waals surface area (Å²) in [5.74, 6) is 0. The highest BCUT2D eigenvalue weighted by Crippen LogP contribution is 2.29. The van der Waals surface area contributed by atoms with E-state index >= 15 is 0 Å². The molecule has 2 N–H and O–H groups in total. The maximum Gasteiger partial charge on any atom is 0.0702 e. The third kappa shape index (κ3) is 3.69. The third-order valence-corrected chi connectivity index (χ3v) is 4.73. The lowest BCUT2D eigenvalue weighted by Gasteiger charge is -2.51. The Bertz CT molecular complexity index is 274. The molecule has 4 nitrogen and oxygen atoms in total. The topological polar surface area (TPSA) is 41.7 Å². The normalized spacial score (nSPS) is 34.6. The molecule has 19 heavy (non-hydrogen) atoms. The first-order valence-electron chi connectivity index (χ1n) is 7.95. The van der Waals surface area contributed by atoms with Crippen molar-refractivity contribution >= 4 is 0 Å². The monoisotopic (exact) mass is 269 g/mol. The van der Waals surface area contributed by atoms with Gasteiger partial charge in [-0.25, -0.2) is 0 Å². The second kappa shape index (κ2) is 7.02. The molecule has 2 rings (SSSR count). The van der Waals surface area contributed by atoms with E-state index in [0.29, 0.717) is 6.10 Å². The van der Waals surface area contributed by atoms with Crippen LogP contribution in [0.15, 0.2) is 0 Å². The van der Waals surface area contributed by atoms with E-state index in [-0.39, 0.29) is 5.54 Å². The van der Waals surface area contributed by atoms with Crippen molar-refractivity contribution in [3.05, 3.63) is 0 Å². The predicted octanol–water partition coefficient (Wildman–Crippen LogP) is 1.30. The Kier molecular flexibility index (Phi) is 5.63. The molecule has 0 bridgehead atoms. The molecule has 0 spiro atoms. The van der Waals surface area contributed by atoms with Gasteiger partial charge in [-0.15, -0.1) is 0 Å². The zero-order valence-electron chi connectivity index (χ0n) is 12.7. The second-order valence-electron chi connectivity index (χ2n) is 6.35. The largest absolute Gasteiger partial charge is 0.377 e. The molecule has 0 saturated carbocycles. The molecule has 0 aromatic carbocycles. The minimum atomic E-state index is 0.196. The summed E-state index contributed by atoms with van der Waals surface area (Å²) < 4.78 is 5.97. The van der Waals surface area contributed by atoms with Crippen LogP contribution in [0, 0.1) is 0 Å². The number of likely N-dealkylation sites (N-methyl/N-ethyl adjacent to an activating group) is 1. The highest BCUT2D eigenvalue weighted by Gasteiger charge is 2.40. The van der Waals surface area contributed by atoms with Crippen LogP contribution in [0.5, 0.6) is 0 Å². The molecule has 2 unspecified atom stereocenters.